The molecule has 7 nitrogen and oxygen atoms in total. The normalized spacial score (nSPS) is 12.8. The summed E-state index contributed by atoms with van der Waals surface area (Å²) in [5.41, 5.74) is 4.57. The summed E-state index contributed by atoms with van der Waals surface area (Å²) in [5, 5.41) is 5.92. The quantitative estimate of drug-likeness (QED) is 0.510. The van der Waals surface area contributed by atoms with Crippen molar-refractivity contribution in [3.63, 3.8) is 0 Å². The van der Waals surface area contributed by atoms with E-state index in [0.717, 1.165) is 36.1 Å². The number of rotatable bonds is 7. The molecule has 7 heteroatoms. The van der Waals surface area contributed by atoms with Gasteiger partial charge in [-0.2, -0.15) is 0 Å². The number of nitrogens with one attached hydrogen (secondary N) is 2. The minimum atomic E-state index is -0.142. The van der Waals surface area contributed by atoms with Gasteiger partial charge in [-0.25, -0.2) is 4.79 Å². The first kappa shape index (κ1) is 24.1. The molecule has 1 aliphatic heterocycles. The number of nitrogens with zero attached hydrogens (tertiary/aromatic N) is 1. The van der Waals surface area contributed by atoms with E-state index < -0.39 is 0 Å². The lowest BCUT2D eigenvalue weighted by atomic mass is 10.1. The van der Waals surface area contributed by atoms with Crippen LogP contribution in [-0.2, 0) is 24.2 Å². The lowest BCUT2D eigenvalue weighted by molar-refractivity contribution is -0.120. The summed E-state index contributed by atoms with van der Waals surface area (Å²) in [4.78, 5) is 27.3. The Hall–Kier alpha value is -4.00. The van der Waals surface area contributed by atoms with Crippen molar-refractivity contribution in [3.8, 4) is 11.5 Å². The van der Waals surface area contributed by atoms with Gasteiger partial charge in [0.1, 0.15) is 11.5 Å². The van der Waals surface area contributed by atoms with Crippen LogP contribution in [0.1, 0.15) is 29.5 Å². The van der Waals surface area contributed by atoms with E-state index in [1.807, 2.05) is 65.6 Å². The molecule has 35 heavy (non-hydrogen) atoms. The average Bonchev–Trinajstić information content (AvgIpc) is 3.11. The molecule has 3 aromatic rings. The van der Waals surface area contributed by atoms with Gasteiger partial charge in [0, 0.05) is 30.0 Å². The molecule has 3 aromatic carbocycles. The zero-order chi connectivity index (χ0) is 24.6. The second-order valence-electron chi connectivity index (χ2n) is 8.50. The molecule has 1 aliphatic rings. The number of para-hydroxylation sites is 1. The standard InChI is InChI=1S/C28H31N3O4/c1-34-24-14-15-26(35-2)22(18-24)19-29-27(32)17-20-10-12-23(13-11-20)30-28(33)31-16-6-5-8-21-7-3-4-9-25(21)31/h3-4,7,9-15,18H,5-6,8,16-17,19H2,1-2H3,(H,29,32)(H,30,33). The highest BCUT2D eigenvalue weighted by atomic mass is 16.5. The number of amides is 3. The van der Waals surface area contributed by atoms with Crippen LogP contribution in [0.25, 0.3) is 0 Å². The third-order valence-corrected chi connectivity index (χ3v) is 6.14. The lowest BCUT2D eigenvalue weighted by Gasteiger charge is -2.23. The molecule has 0 aliphatic carbocycles. The first-order chi connectivity index (χ1) is 17.1. The predicted molar refractivity (Wildman–Crippen MR) is 137 cm³/mol. The number of aryl methyl sites for hydroxylation is 1. The molecular formula is C28H31N3O4. The summed E-state index contributed by atoms with van der Waals surface area (Å²) in [6.45, 7) is 1.03. The minimum Gasteiger partial charge on any atom is -0.497 e. The van der Waals surface area contributed by atoms with Gasteiger partial charge in [0.2, 0.25) is 5.91 Å². The summed E-state index contributed by atoms with van der Waals surface area (Å²) >= 11 is 0. The van der Waals surface area contributed by atoms with Crippen molar-refractivity contribution in [2.75, 3.05) is 31.0 Å². The van der Waals surface area contributed by atoms with Crippen LogP contribution in [0.4, 0.5) is 16.2 Å². The Bertz CT molecular complexity index is 1180. The molecule has 0 radical (unpaired) electrons. The molecular weight excluding hydrogens is 442 g/mol. The molecule has 0 atom stereocenters. The van der Waals surface area contributed by atoms with Gasteiger partial charge in [-0.05, 0) is 66.8 Å². The van der Waals surface area contributed by atoms with Crippen LogP contribution in [0.3, 0.4) is 0 Å². The Morgan fingerprint density at radius 1 is 0.943 bits per heavy atom. The third kappa shape index (κ3) is 6.12. The Balaban J connectivity index is 1.33. The fraction of sp³-hybridized carbons (Fsp3) is 0.286. The van der Waals surface area contributed by atoms with E-state index in [0.29, 0.717) is 30.3 Å². The molecule has 182 valence electrons. The maximum atomic E-state index is 13.0. The van der Waals surface area contributed by atoms with Gasteiger partial charge in [-0.15, -0.1) is 0 Å². The van der Waals surface area contributed by atoms with E-state index in [-0.39, 0.29) is 18.4 Å². The number of benzene rings is 3. The van der Waals surface area contributed by atoms with Gasteiger partial charge in [-0.3, -0.25) is 9.69 Å². The maximum absolute atomic E-state index is 13.0. The van der Waals surface area contributed by atoms with E-state index >= 15 is 0 Å². The van der Waals surface area contributed by atoms with E-state index in [1.54, 1.807) is 14.2 Å². The van der Waals surface area contributed by atoms with Gasteiger partial charge < -0.3 is 20.1 Å². The molecule has 0 saturated heterocycles. The Morgan fingerprint density at radius 3 is 2.51 bits per heavy atom. The Morgan fingerprint density at radius 2 is 1.74 bits per heavy atom. The molecule has 0 saturated carbocycles. The molecule has 0 aromatic heterocycles. The van der Waals surface area contributed by atoms with Crippen LogP contribution < -0.4 is 25.0 Å². The first-order valence-corrected chi connectivity index (χ1v) is 11.8. The summed E-state index contributed by atoms with van der Waals surface area (Å²) in [5.74, 6) is 1.29. The van der Waals surface area contributed by atoms with Crippen LogP contribution in [-0.4, -0.2) is 32.7 Å². The number of urea groups is 1. The van der Waals surface area contributed by atoms with E-state index in [9.17, 15) is 9.59 Å². The van der Waals surface area contributed by atoms with Gasteiger partial charge in [0.05, 0.1) is 20.6 Å². The molecule has 0 bridgehead atoms. The summed E-state index contributed by atoms with van der Waals surface area (Å²) < 4.78 is 10.6. The van der Waals surface area contributed by atoms with Gasteiger partial charge in [0.25, 0.3) is 0 Å². The molecule has 2 N–H and O–H groups in total. The number of hydrogen-bond donors (Lipinski definition) is 2. The highest BCUT2D eigenvalue weighted by molar-refractivity contribution is 6.02. The third-order valence-electron chi connectivity index (χ3n) is 6.14. The second-order valence-corrected chi connectivity index (χ2v) is 8.50. The number of methoxy groups -OCH3 is 2. The second kappa shape index (κ2) is 11.4. The van der Waals surface area contributed by atoms with E-state index in [1.165, 1.54) is 5.56 Å². The van der Waals surface area contributed by atoms with Crippen LogP contribution in [0.2, 0.25) is 0 Å². The van der Waals surface area contributed by atoms with E-state index in [2.05, 4.69) is 16.7 Å². The van der Waals surface area contributed by atoms with Crippen LogP contribution in [0.5, 0.6) is 11.5 Å². The number of fused-ring (bicyclic) bond motifs is 1. The predicted octanol–water partition coefficient (Wildman–Crippen LogP) is 4.94. The van der Waals surface area contributed by atoms with Gasteiger partial charge >= 0.3 is 6.03 Å². The monoisotopic (exact) mass is 473 g/mol. The average molecular weight is 474 g/mol. The SMILES string of the molecule is COc1ccc(OC)c(CNC(=O)Cc2ccc(NC(=O)N3CCCCc4ccccc43)cc2)c1. The van der Waals surface area contributed by atoms with Crippen LogP contribution in [0, 0.1) is 0 Å². The lowest BCUT2D eigenvalue weighted by Crippen LogP contribution is -2.35. The summed E-state index contributed by atoms with van der Waals surface area (Å²) in [7, 11) is 3.20. The summed E-state index contributed by atoms with van der Waals surface area (Å²) in [6, 6.07) is 20.8. The molecule has 4 rings (SSSR count). The number of carbonyl (C=O) groups is 2. The molecule has 0 spiro atoms. The fourth-order valence-corrected chi connectivity index (χ4v) is 4.26. The maximum Gasteiger partial charge on any atom is 0.326 e. The largest absolute Gasteiger partial charge is 0.497 e. The Labute approximate surface area is 206 Å². The molecule has 1 heterocycles. The van der Waals surface area contributed by atoms with Crippen molar-refractivity contribution < 1.29 is 19.1 Å². The van der Waals surface area contributed by atoms with Gasteiger partial charge in [0.15, 0.2) is 0 Å². The summed E-state index contributed by atoms with van der Waals surface area (Å²) in [6.07, 6.45) is 3.27. The van der Waals surface area contributed by atoms with Crippen molar-refractivity contribution in [3.05, 3.63) is 83.4 Å². The Kier molecular flexibility index (Phi) is 7.88. The highest BCUT2D eigenvalue weighted by Crippen LogP contribution is 2.27. The molecule has 0 fully saturated rings. The number of carbonyl (C=O) groups excluding carboxylic acids is 2. The number of ether oxygens (including phenoxy) is 2. The first-order valence-electron chi connectivity index (χ1n) is 11.8. The highest BCUT2D eigenvalue weighted by Gasteiger charge is 2.21. The van der Waals surface area contributed by atoms with Crippen molar-refractivity contribution in [1.29, 1.82) is 0 Å². The van der Waals surface area contributed by atoms with Gasteiger partial charge in [-0.1, -0.05) is 30.3 Å². The van der Waals surface area contributed by atoms with Crippen molar-refractivity contribution in [2.24, 2.45) is 0 Å². The molecule has 0 unspecified atom stereocenters. The number of anilines is 2. The topological polar surface area (TPSA) is 79.9 Å². The number of hydrogen-bond acceptors (Lipinski definition) is 4. The van der Waals surface area contributed by atoms with Crippen LogP contribution in [0.15, 0.2) is 66.7 Å². The van der Waals surface area contributed by atoms with Crippen LogP contribution >= 0.6 is 0 Å². The molecule has 3 amide bonds. The minimum absolute atomic E-state index is 0.104. The fourth-order valence-electron chi connectivity index (χ4n) is 4.26. The smallest absolute Gasteiger partial charge is 0.326 e. The van der Waals surface area contributed by atoms with Crippen molar-refractivity contribution >= 4 is 23.3 Å². The van der Waals surface area contributed by atoms with Crippen molar-refractivity contribution in [2.45, 2.75) is 32.2 Å². The van der Waals surface area contributed by atoms with E-state index in [4.69, 9.17) is 9.47 Å². The zero-order valence-electron chi connectivity index (χ0n) is 20.2. The van der Waals surface area contributed by atoms with Crippen molar-refractivity contribution in [1.82, 2.24) is 5.32 Å². The zero-order valence-corrected chi connectivity index (χ0v) is 20.2.